The van der Waals surface area contributed by atoms with Crippen molar-refractivity contribution in [2.75, 3.05) is 11.5 Å². The first kappa shape index (κ1) is 12.4. The van der Waals surface area contributed by atoms with Crippen molar-refractivity contribution in [3.05, 3.63) is 36.3 Å². The quantitative estimate of drug-likeness (QED) is 0.872. The number of aromatic nitrogens is 3. The van der Waals surface area contributed by atoms with E-state index in [0.717, 1.165) is 24.2 Å². The summed E-state index contributed by atoms with van der Waals surface area (Å²) in [5.74, 6) is 0.756. The van der Waals surface area contributed by atoms with Gasteiger partial charge in [-0.1, -0.05) is 6.08 Å². The van der Waals surface area contributed by atoms with Crippen LogP contribution in [-0.4, -0.2) is 38.4 Å². The number of aliphatic hydroxyl groups excluding tert-OH is 1. The number of aliphatic hydroxyl groups is 1. The second-order valence-corrected chi connectivity index (χ2v) is 5.00. The topological polar surface area (TPSA) is 53.7 Å². The van der Waals surface area contributed by atoms with E-state index < -0.39 is 0 Å². The molecule has 0 amide bonds. The summed E-state index contributed by atoms with van der Waals surface area (Å²) in [6.45, 7) is 3.97. The van der Waals surface area contributed by atoms with Gasteiger partial charge in [0.05, 0.1) is 12.6 Å². The predicted molar refractivity (Wildman–Crippen MR) is 74.6 cm³/mol. The summed E-state index contributed by atoms with van der Waals surface area (Å²) in [5, 5.41) is 13.9. The molecule has 2 atom stereocenters. The molecular weight excluding hydrogens is 264 g/mol. The number of nitrogens with zero attached hydrogens (tertiary/aromatic N) is 4. The van der Waals surface area contributed by atoms with Gasteiger partial charge in [0.15, 0.2) is 5.82 Å². The van der Waals surface area contributed by atoms with Gasteiger partial charge in [-0.05, 0) is 36.6 Å². The minimum atomic E-state index is 0.0488. The summed E-state index contributed by atoms with van der Waals surface area (Å²) in [6.07, 6.45) is 5.61. The summed E-state index contributed by atoms with van der Waals surface area (Å²) in [5.41, 5.74) is 0.886. The number of halogens is 1. The van der Waals surface area contributed by atoms with Crippen LogP contribution in [0.2, 0.25) is 5.28 Å². The Morgan fingerprint density at radius 3 is 3.11 bits per heavy atom. The smallest absolute Gasteiger partial charge is 0.243 e. The van der Waals surface area contributed by atoms with E-state index in [2.05, 4.69) is 21.6 Å². The third-order valence-electron chi connectivity index (χ3n) is 3.62. The number of hydrogen-bond donors (Lipinski definition) is 1. The van der Waals surface area contributed by atoms with Crippen LogP contribution >= 0.6 is 11.6 Å². The van der Waals surface area contributed by atoms with E-state index in [4.69, 9.17) is 11.6 Å². The van der Waals surface area contributed by atoms with Gasteiger partial charge in [0.25, 0.3) is 0 Å². The average molecular weight is 279 g/mol. The Morgan fingerprint density at radius 2 is 2.37 bits per heavy atom. The van der Waals surface area contributed by atoms with Crippen LogP contribution in [0.1, 0.15) is 12.8 Å². The van der Waals surface area contributed by atoms with Crippen LogP contribution in [0, 0.1) is 0 Å². The van der Waals surface area contributed by atoms with Crippen molar-refractivity contribution in [3.8, 4) is 0 Å². The minimum Gasteiger partial charge on any atom is -0.394 e. The molecule has 3 rings (SSSR count). The highest BCUT2D eigenvalue weighted by molar-refractivity contribution is 6.28. The maximum atomic E-state index is 9.54. The number of rotatable bonds is 3. The first-order valence-electron chi connectivity index (χ1n) is 6.27. The minimum absolute atomic E-state index is 0.0488. The highest BCUT2D eigenvalue weighted by Crippen LogP contribution is 2.32. The van der Waals surface area contributed by atoms with Gasteiger partial charge in [-0.15, -0.1) is 11.7 Å². The van der Waals surface area contributed by atoms with Crippen molar-refractivity contribution in [2.45, 2.75) is 24.9 Å². The standard InChI is InChI=1S/C13H15ClN4O/c1-2-9-5-6-10(8-19)18(9)12-11-4-3-7-17(11)16-13(14)15-12/h2-4,7,9-10,19H,1,5-6,8H2/t9-,10+/m1/s1. The van der Waals surface area contributed by atoms with E-state index in [0.29, 0.717) is 0 Å². The highest BCUT2D eigenvalue weighted by Gasteiger charge is 2.33. The summed E-state index contributed by atoms with van der Waals surface area (Å²) in [7, 11) is 0. The molecule has 0 unspecified atom stereocenters. The first-order chi connectivity index (χ1) is 9.24. The van der Waals surface area contributed by atoms with E-state index in [1.807, 2.05) is 24.4 Å². The monoisotopic (exact) mass is 278 g/mol. The van der Waals surface area contributed by atoms with Gasteiger partial charge < -0.3 is 10.0 Å². The molecule has 6 heteroatoms. The van der Waals surface area contributed by atoms with Crippen molar-refractivity contribution < 1.29 is 5.11 Å². The van der Waals surface area contributed by atoms with E-state index in [9.17, 15) is 5.11 Å². The molecule has 1 aliphatic rings. The number of hydrogen-bond acceptors (Lipinski definition) is 4. The Morgan fingerprint density at radius 1 is 1.53 bits per heavy atom. The molecule has 1 fully saturated rings. The van der Waals surface area contributed by atoms with Crippen molar-refractivity contribution in [2.24, 2.45) is 0 Å². The molecule has 0 spiro atoms. The molecule has 1 N–H and O–H groups in total. The van der Waals surface area contributed by atoms with Crippen molar-refractivity contribution in [1.82, 2.24) is 14.6 Å². The van der Waals surface area contributed by atoms with Crippen LogP contribution in [0.15, 0.2) is 31.0 Å². The lowest BCUT2D eigenvalue weighted by Gasteiger charge is -2.29. The van der Waals surface area contributed by atoms with Gasteiger partial charge in [-0.25, -0.2) is 4.52 Å². The molecule has 1 saturated heterocycles. The highest BCUT2D eigenvalue weighted by atomic mass is 35.5. The lowest BCUT2D eigenvalue weighted by Crippen LogP contribution is -2.38. The van der Waals surface area contributed by atoms with Crippen LogP contribution in [0.25, 0.3) is 5.52 Å². The normalized spacial score (nSPS) is 23.2. The molecule has 0 aromatic carbocycles. The van der Waals surface area contributed by atoms with E-state index in [1.165, 1.54) is 0 Å². The maximum absolute atomic E-state index is 9.54. The molecule has 5 nitrogen and oxygen atoms in total. The third-order valence-corrected chi connectivity index (χ3v) is 3.78. The van der Waals surface area contributed by atoms with Crippen molar-refractivity contribution in [3.63, 3.8) is 0 Å². The first-order valence-corrected chi connectivity index (χ1v) is 6.65. The van der Waals surface area contributed by atoms with Crippen LogP contribution in [0.4, 0.5) is 5.82 Å². The zero-order chi connectivity index (χ0) is 13.4. The average Bonchev–Trinajstić information content (AvgIpc) is 3.02. The second-order valence-electron chi connectivity index (χ2n) is 4.67. The van der Waals surface area contributed by atoms with E-state index in [1.54, 1.807) is 4.52 Å². The molecule has 0 saturated carbocycles. The molecule has 2 aromatic rings. The van der Waals surface area contributed by atoms with Gasteiger partial charge in [-0.3, -0.25) is 0 Å². The van der Waals surface area contributed by atoms with Crippen LogP contribution in [-0.2, 0) is 0 Å². The van der Waals surface area contributed by atoms with Crippen molar-refractivity contribution in [1.29, 1.82) is 0 Å². The molecule has 3 heterocycles. The van der Waals surface area contributed by atoms with Gasteiger partial charge in [-0.2, -0.15) is 4.98 Å². The maximum Gasteiger partial charge on any atom is 0.243 e. The van der Waals surface area contributed by atoms with E-state index >= 15 is 0 Å². The molecule has 19 heavy (non-hydrogen) atoms. The fraction of sp³-hybridized carbons (Fsp3) is 0.385. The Hall–Kier alpha value is -1.59. The van der Waals surface area contributed by atoms with Crippen LogP contribution < -0.4 is 4.90 Å². The fourth-order valence-corrected chi connectivity index (χ4v) is 2.90. The Kier molecular flexibility index (Phi) is 3.16. The lowest BCUT2D eigenvalue weighted by molar-refractivity contribution is 0.265. The molecule has 0 aliphatic carbocycles. The summed E-state index contributed by atoms with van der Waals surface area (Å²) in [6, 6.07) is 4.06. The summed E-state index contributed by atoms with van der Waals surface area (Å²) in [4.78, 5) is 6.45. The molecule has 1 aliphatic heterocycles. The molecule has 0 radical (unpaired) electrons. The molecule has 100 valence electrons. The zero-order valence-electron chi connectivity index (χ0n) is 10.4. The third kappa shape index (κ3) is 1.99. The van der Waals surface area contributed by atoms with Gasteiger partial charge in [0.1, 0.15) is 5.52 Å². The number of fused-ring (bicyclic) bond motifs is 1. The predicted octanol–water partition coefficient (Wildman–Crippen LogP) is 1.90. The van der Waals surface area contributed by atoms with Gasteiger partial charge >= 0.3 is 0 Å². The van der Waals surface area contributed by atoms with Crippen LogP contribution in [0.3, 0.4) is 0 Å². The second kappa shape index (κ2) is 4.83. The molecular formula is C13H15ClN4O. The zero-order valence-corrected chi connectivity index (χ0v) is 11.2. The SMILES string of the molecule is C=C[C@@H]1CC[C@@H](CO)N1c1nc(Cl)nn2cccc12. The molecule has 2 aromatic heterocycles. The molecule has 0 bridgehead atoms. The summed E-state index contributed by atoms with van der Waals surface area (Å²) < 4.78 is 1.71. The largest absolute Gasteiger partial charge is 0.394 e. The van der Waals surface area contributed by atoms with Crippen molar-refractivity contribution >= 4 is 22.9 Å². The lowest BCUT2D eigenvalue weighted by atomic mass is 10.2. The van der Waals surface area contributed by atoms with Gasteiger partial charge in [0.2, 0.25) is 5.28 Å². The fourth-order valence-electron chi connectivity index (χ4n) is 2.74. The van der Waals surface area contributed by atoms with Crippen LogP contribution in [0.5, 0.6) is 0 Å². The van der Waals surface area contributed by atoms with E-state index in [-0.39, 0.29) is 24.0 Å². The Balaban J connectivity index is 2.15. The Labute approximate surface area is 116 Å². The Bertz CT molecular complexity index is 612. The number of anilines is 1. The van der Waals surface area contributed by atoms with Gasteiger partial charge in [0, 0.05) is 12.2 Å². The summed E-state index contributed by atoms with van der Waals surface area (Å²) >= 11 is 5.98.